The molecule has 1 atom stereocenters. The van der Waals surface area contributed by atoms with Crippen LogP contribution in [0.4, 0.5) is 5.82 Å². The fourth-order valence-electron chi connectivity index (χ4n) is 1.78. The minimum atomic E-state index is -0.0242. The number of pyridine rings is 1. The van der Waals surface area contributed by atoms with E-state index in [2.05, 4.69) is 17.2 Å². The van der Waals surface area contributed by atoms with E-state index in [1.807, 2.05) is 18.7 Å². The van der Waals surface area contributed by atoms with Crippen LogP contribution >= 0.6 is 11.6 Å². The van der Waals surface area contributed by atoms with Gasteiger partial charge in [0.25, 0.3) is 5.91 Å². The second-order valence-electron chi connectivity index (χ2n) is 4.15. The van der Waals surface area contributed by atoms with Crippen LogP contribution in [0.5, 0.6) is 0 Å². The summed E-state index contributed by atoms with van der Waals surface area (Å²) in [7, 11) is 1.74. The van der Waals surface area contributed by atoms with Gasteiger partial charge in [-0.3, -0.25) is 4.79 Å². The smallest absolute Gasteiger partial charge is 0.255 e. The van der Waals surface area contributed by atoms with Crippen LogP contribution in [0.1, 0.15) is 37.6 Å². The normalized spacial score (nSPS) is 12.1. The first-order valence-electron chi connectivity index (χ1n) is 6.19. The molecular formula is C13H20ClN3O. The maximum atomic E-state index is 12.3. The van der Waals surface area contributed by atoms with E-state index in [-0.39, 0.29) is 11.9 Å². The Labute approximate surface area is 113 Å². The summed E-state index contributed by atoms with van der Waals surface area (Å²) >= 11 is 6.04. The lowest BCUT2D eigenvalue weighted by atomic mass is 10.1. The summed E-state index contributed by atoms with van der Waals surface area (Å²) in [6.07, 6.45) is 2.49. The quantitative estimate of drug-likeness (QED) is 0.894. The van der Waals surface area contributed by atoms with E-state index < -0.39 is 0 Å². The molecule has 0 saturated carbocycles. The number of rotatable bonds is 5. The van der Waals surface area contributed by atoms with Crippen LogP contribution in [0.15, 0.2) is 12.3 Å². The average molecular weight is 270 g/mol. The number of nitrogens with one attached hydrogen (secondary N) is 1. The second-order valence-corrected chi connectivity index (χ2v) is 4.56. The third-order valence-corrected chi connectivity index (χ3v) is 3.34. The van der Waals surface area contributed by atoms with E-state index in [4.69, 9.17) is 11.6 Å². The van der Waals surface area contributed by atoms with Gasteiger partial charge in [-0.2, -0.15) is 0 Å². The van der Waals surface area contributed by atoms with Crippen molar-refractivity contribution in [2.75, 3.05) is 18.9 Å². The van der Waals surface area contributed by atoms with E-state index in [1.54, 1.807) is 19.3 Å². The predicted molar refractivity (Wildman–Crippen MR) is 75.3 cm³/mol. The standard InChI is InChI=1S/C13H20ClN3O/c1-5-9(3)17(6-2)13(18)10-7-11(14)12(15-4)16-8-10/h7-9H,5-6H2,1-4H3,(H,15,16). The van der Waals surface area contributed by atoms with E-state index >= 15 is 0 Å². The maximum Gasteiger partial charge on any atom is 0.255 e. The van der Waals surface area contributed by atoms with Crippen LogP contribution in [-0.4, -0.2) is 35.4 Å². The van der Waals surface area contributed by atoms with Gasteiger partial charge in [-0.25, -0.2) is 4.98 Å². The Bertz CT molecular complexity index is 423. The summed E-state index contributed by atoms with van der Waals surface area (Å²) in [5.74, 6) is 0.559. The molecule has 1 heterocycles. The van der Waals surface area contributed by atoms with Crippen molar-refractivity contribution in [1.82, 2.24) is 9.88 Å². The molecule has 0 aliphatic heterocycles. The Morgan fingerprint density at radius 2 is 2.22 bits per heavy atom. The summed E-state index contributed by atoms with van der Waals surface area (Å²) in [5.41, 5.74) is 0.529. The zero-order chi connectivity index (χ0) is 13.7. The fourth-order valence-corrected chi connectivity index (χ4v) is 2.04. The molecule has 0 bridgehead atoms. The van der Waals surface area contributed by atoms with Gasteiger partial charge < -0.3 is 10.2 Å². The molecule has 0 saturated heterocycles. The van der Waals surface area contributed by atoms with Gasteiger partial charge in [-0.15, -0.1) is 0 Å². The molecular weight excluding hydrogens is 250 g/mol. The summed E-state index contributed by atoms with van der Waals surface area (Å²) in [6.45, 7) is 6.76. The largest absolute Gasteiger partial charge is 0.372 e. The minimum absolute atomic E-state index is 0.0242. The first-order chi connectivity index (χ1) is 8.54. The van der Waals surface area contributed by atoms with Gasteiger partial charge in [0, 0.05) is 25.8 Å². The molecule has 1 unspecified atom stereocenters. The van der Waals surface area contributed by atoms with Crippen LogP contribution in [0.3, 0.4) is 0 Å². The van der Waals surface area contributed by atoms with E-state index in [0.29, 0.717) is 22.9 Å². The lowest BCUT2D eigenvalue weighted by Gasteiger charge is -2.27. The summed E-state index contributed by atoms with van der Waals surface area (Å²) < 4.78 is 0. The number of hydrogen-bond acceptors (Lipinski definition) is 3. The van der Waals surface area contributed by atoms with Crippen LogP contribution in [-0.2, 0) is 0 Å². The number of amides is 1. The molecule has 0 aliphatic carbocycles. The van der Waals surface area contributed by atoms with Gasteiger partial charge in [0.2, 0.25) is 0 Å². The SMILES string of the molecule is CCC(C)N(CC)C(=O)c1cnc(NC)c(Cl)c1. The number of hydrogen-bond donors (Lipinski definition) is 1. The Kier molecular flexibility index (Phi) is 5.41. The molecule has 1 N–H and O–H groups in total. The van der Waals surface area contributed by atoms with Crippen molar-refractivity contribution >= 4 is 23.3 Å². The molecule has 1 aromatic heterocycles. The lowest BCUT2D eigenvalue weighted by Crippen LogP contribution is -2.38. The van der Waals surface area contributed by atoms with Crippen LogP contribution in [0.25, 0.3) is 0 Å². The molecule has 1 rings (SSSR count). The molecule has 1 aromatic rings. The predicted octanol–water partition coefficient (Wildman–Crippen LogP) is 3.04. The molecule has 0 aliphatic rings. The molecule has 0 aromatic carbocycles. The zero-order valence-corrected chi connectivity index (χ0v) is 12.1. The van der Waals surface area contributed by atoms with Crippen molar-refractivity contribution in [3.05, 3.63) is 22.8 Å². The first-order valence-corrected chi connectivity index (χ1v) is 6.57. The first kappa shape index (κ1) is 14.8. The lowest BCUT2D eigenvalue weighted by molar-refractivity contribution is 0.0699. The van der Waals surface area contributed by atoms with Crippen molar-refractivity contribution in [3.8, 4) is 0 Å². The molecule has 1 amide bonds. The number of nitrogens with zero attached hydrogens (tertiary/aromatic N) is 2. The zero-order valence-electron chi connectivity index (χ0n) is 11.3. The van der Waals surface area contributed by atoms with Gasteiger partial charge in [0.15, 0.2) is 0 Å². The highest BCUT2D eigenvalue weighted by Gasteiger charge is 2.19. The highest BCUT2D eigenvalue weighted by molar-refractivity contribution is 6.33. The Hall–Kier alpha value is -1.29. The Balaban J connectivity index is 2.99. The minimum Gasteiger partial charge on any atom is -0.372 e. The highest BCUT2D eigenvalue weighted by atomic mass is 35.5. The van der Waals surface area contributed by atoms with Crippen molar-refractivity contribution in [3.63, 3.8) is 0 Å². The highest BCUT2D eigenvalue weighted by Crippen LogP contribution is 2.21. The van der Waals surface area contributed by atoms with Crippen LogP contribution in [0.2, 0.25) is 5.02 Å². The number of anilines is 1. The Morgan fingerprint density at radius 1 is 1.56 bits per heavy atom. The molecule has 0 spiro atoms. The van der Waals surface area contributed by atoms with E-state index in [9.17, 15) is 4.79 Å². The summed E-state index contributed by atoms with van der Waals surface area (Å²) in [4.78, 5) is 18.3. The average Bonchev–Trinajstić information content (AvgIpc) is 2.38. The fraction of sp³-hybridized carbons (Fsp3) is 0.538. The van der Waals surface area contributed by atoms with Crippen LogP contribution < -0.4 is 5.32 Å². The van der Waals surface area contributed by atoms with E-state index in [1.165, 1.54) is 0 Å². The van der Waals surface area contributed by atoms with Crippen LogP contribution in [0, 0.1) is 0 Å². The van der Waals surface area contributed by atoms with Crippen molar-refractivity contribution in [1.29, 1.82) is 0 Å². The molecule has 0 radical (unpaired) electrons. The molecule has 4 nitrogen and oxygen atoms in total. The van der Waals surface area contributed by atoms with Crippen molar-refractivity contribution in [2.24, 2.45) is 0 Å². The van der Waals surface area contributed by atoms with Gasteiger partial charge in [-0.1, -0.05) is 18.5 Å². The molecule has 5 heteroatoms. The van der Waals surface area contributed by atoms with Crippen molar-refractivity contribution < 1.29 is 4.79 Å². The topological polar surface area (TPSA) is 45.2 Å². The number of aromatic nitrogens is 1. The number of carbonyl (C=O) groups is 1. The number of halogens is 1. The second kappa shape index (κ2) is 6.59. The summed E-state index contributed by atoms with van der Waals surface area (Å²) in [6, 6.07) is 1.87. The number of carbonyl (C=O) groups excluding carboxylic acids is 1. The molecule has 0 fully saturated rings. The van der Waals surface area contributed by atoms with Gasteiger partial charge in [-0.05, 0) is 26.3 Å². The van der Waals surface area contributed by atoms with Gasteiger partial charge in [0.05, 0.1) is 10.6 Å². The van der Waals surface area contributed by atoms with Gasteiger partial charge >= 0.3 is 0 Å². The maximum absolute atomic E-state index is 12.3. The van der Waals surface area contributed by atoms with Crippen molar-refractivity contribution in [2.45, 2.75) is 33.2 Å². The molecule has 100 valence electrons. The molecule has 18 heavy (non-hydrogen) atoms. The van der Waals surface area contributed by atoms with E-state index in [0.717, 1.165) is 6.42 Å². The summed E-state index contributed by atoms with van der Waals surface area (Å²) in [5, 5.41) is 3.33. The van der Waals surface area contributed by atoms with Gasteiger partial charge in [0.1, 0.15) is 5.82 Å². The third-order valence-electron chi connectivity index (χ3n) is 3.05. The Morgan fingerprint density at radius 3 is 2.67 bits per heavy atom. The third kappa shape index (κ3) is 3.13. The monoisotopic (exact) mass is 269 g/mol.